The van der Waals surface area contributed by atoms with Gasteiger partial charge < -0.3 is 0 Å². The standard InChI is InChI=1S/C7H14OSe/c1-9-7-5-3-2-4-6(7)8/h6-8H,2-5H2,1H3/t6-,7-/m1/s1. The van der Waals surface area contributed by atoms with Crippen LogP contribution in [-0.2, 0) is 0 Å². The molecule has 54 valence electrons. The molecule has 1 aliphatic rings. The van der Waals surface area contributed by atoms with Gasteiger partial charge in [-0.3, -0.25) is 0 Å². The van der Waals surface area contributed by atoms with Crippen LogP contribution < -0.4 is 0 Å². The van der Waals surface area contributed by atoms with Crippen molar-refractivity contribution in [3.63, 3.8) is 0 Å². The third-order valence-electron chi connectivity index (χ3n) is 1.97. The number of hydrogen-bond donors (Lipinski definition) is 1. The van der Waals surface area contributed by atoms with E-state index >= 15 is 0 Å². The molecule has 0 unspecified atom stereocenters. The second-order valence-corrected chi connectivity index (χ2v) is 4.89. The van der Waals surface area contributed by atoms with Crippen molar-refractivity contribution in [1.82, 2.24) is 0 Å². The Morgan fingerprint density at radius 2 is 2.00 bits per heavy atom. The van der Waals surface area contributed by atoms with Crippen LogP contribution in [0.3, 0.4) is 0 Å². The van der Waals surface area contributed by atoms with Crippen molar-refractivity contribution in [3.8, 4) is 0 Å². The van der Waals surface area contributed by atoms with Gasteiger partial charge in [-0.25, -0.2) is 0 Å². The summed E-state index contributed by atoms with van der Waals surface area (Å²) in [6.45, 7) is 0. The molecule has 0 aliphatic heterocycles. The average Bonchev–Trinajstić information content (AvgIpc) is 1.89. The molecule has 1 nitrogen and oxygen atoms in total. The molecule has 2 atom stereocenters. The van der Waals surface area contributed by atoms with Gasteiger partial charge in [-0.15, -0.1) is 0 Å². The van der Waals surface area contributed by atoms with Crippen molar-refractivity contribution in [2.75, 3.05) is 0 Å². The molecule has 1 N–H and O–H groups in total. The Hall–Kier alpha value is 0.479. The van der Waals surface area contributed by atoms with Gasteiger partial charge in [0.05, 0.1) is 0 Å². The minimum atomic E-state index is 0.0451. The van der Waals surface area contributed by atoms with E-state index in [2.05, 4.69) is 5.82 Å². The van der Waals surface area contributed by atoms with Crippen LogP contribution in [0.4, 0.5) is 0 Å². The fraction of sp³-hybridized carbons (Fsp3) is 1.00. The van der Waals surface area contributed by atoms with Crippen molar-refractivity contribution in [2.45, 2.75) is 42.4 Å². The first-order chi connectivity index (χ1) is 4.34. The average molecular weight is 193 g/mol. The molecule has 1 aliphatic carbocycles. The van der Waals surface area contributed by atoms with Gasteiger partial charge in [0.25, 0.3) is 0 Å². The van der Waals surface area contributed by atoms with Gasteiger partial charge in [0, 0.05) is 0 Å². The van der Waals surface area contributed by atoms with Crippen molar-refractivity contribution in [3.05, 3.63) is 0 Å². The predicted molar refractivity (Wildman–Crippen MR) is 39.8 cm³/mol. The third-order valence-corrected chi connectivity index (χ3v) is 4.39. The second-order valence-electron chi connectivity index (χ2n) is 2.63. The van der Waals surface area contributed by atoms with E-state index in [-0.39, 0.29) is 6.10 Å². The van der Waals surface area contributed by atoms with Gasteiger partial charge in [0.15, 0.2) is 0 Å². The van der Waals surface area contributed by atoms with E-state index in [1.807, 2.05) is 0 Å². The predicted octanol–water partition coefficient (Wildman–Crippen LogP) is 1.46. The zero-order valence-electron chi connectivity index (χ0n) is 5.84. The SMILES string of the molecule is C[Se][C@@H]1CCCC[C@H]1O. The van der Waals surface area contributed by atoms with Crippen molar-refractivity contribution in [1.29, 1.82) is 0 Å². The van der Waals surface area contributed by atoms with Gasteiger partial charge in [0.2, 0.25) is 0 Å². The van der Waals surface area contributed by atoms with Gasteiger partial charge >= 0.3 is 62.5 Å². The summed E-state index contributed by atoms with van der Waals surface area (Å²) in [4.78, 5) is 0.672. The summed E-state index contributed by atoms with van der Waals surface area (Å²) < 4.78 is 0. The van der Waals surface area contributed by atoms with Crippen molar-refractivity contribution in [2.24, 2.45) is 0 Å². The first-order valence-corrected chi connectivity index (χ1v) is 6.25. The Balaban J connectivity index is 2.30. The summed E-state index contributed by atoms with van der Waals surface area (Å²) in [7, 11) is 0. The fourth-order valence-electron chi connectivity index (χ4n) is 1.35. The van der Waals surface area contributed by atoms with Crippen LogP contribution >= 0.6 is 0 Å². The van der Waals surface area contributed by atoms with Crippen LogP contribution in [0.25, 0.3) is 0 Å². The molecule has 0 heterocycles. The summed E-state index contributed by atoms with van der Waals surface area (Å²) in [6.07, 6.45) is 4.96. The van der Waals surface area contributed by atoms with Crippen LogP contribution in [0.1, 0.15) is 25.7 Å². The molecule has 0 bridgehead atoms. The quantitative estimate of drug-likeness (QED) is 0.625. The summed E-state index contributed by atoms with van der Waals surface area (Å²) >= 11 is 0.667. The molecule has 1 fully saturated rings. The Morgan fingerprint density at radius 1 is 1.33 bits per heavy atom. The number of hydrogen-bond acceptors (Lipinski definition) is 1. The number of aliphatic hydroxyl groups excluding tert-OH is 1. The van der Waals surface area contributed by atoms with Crippen LogP contribution in [0.5, 0.6) is 0 Å². The van der Waals surface area contributed by atoms with Gasteiger partial charge in [-0.2, -0.15) is 0 Å². The summed E-state index contributed by atoms with van der Waals surface area (Å²) in [5, 5.41) is 9.38. The third kappa shape index (κ3) is 1.96. The molecule has 0 aromatic rings. The van der Waals surface area contributed by atoms with E-state index < -0.39 is 0 Å². The molecule has 0 aromatic heterocycles. The topological polar surface area (TPSA) is 20.2 Å². The van der Waals surface area contributed by atoms with E-state index in [1.165, 1.54) is 19.3 Å². The number of aliphatic hydroxyl groups is 1. The molecule has 9 heavy (non-hydrogen) atoms. The zero-order valence-corrected chi connectivity index (χ0v) is 7.55. The van der Waals surface area contributed by atoms with E-state index in [0.29, 0.717) is 19.8 Å². The molecule has 0 aromatic carbocycles. The zero-order chi connectivity index (χ0) is 6.69. The van der Waals surface area contributed by atoms with Crippen LogP contribution in [0, 0.1) is 0 Å². The molecule has 1 rings (SSSR count). The van der Waals surface area contributed by atoms with Gasteiger partial charge in [-0.05, 0) is 0 Å². The maximum atomic E-state index is 9.38. The second kappa shape index (κ2) is 3.60. The Bertz CT molecular complexity index is 85.0. The van der Waals surface area contributed by atoms with Gasteiger partial charge in [0.1, 0.15) is 0 Å². The molecule has 2 heteroatoms. The fourth-order valence-corrected chi connectivity index (χ4v) is 3.14. The molecule has 1 saturated carbocycles. The summed E-state index contributed by atoms with van der Waals surface area (Å²) in [5.74, 6) is 2.23. The Kier molecular flexibility index (Phi) is 3.03. The first kappa shape index (κ1) is 7.58. The van der Waals surface area contributed by atoms with E-state index in [4.69, 9.17) is 0 Å². The van der Waals surface area contributed by atoms with Crippen LogP contribution in [0.15, 0.2) is 0 Å². The molecule has 0 radical (unpaired) electrons. The molecular formula is C7H14OSe. The van der Waals surface area contributed by atoms with Crippen LogP contribution in [0.2, 0.25) is 10.6 Å². The van der Waals surface area contributed by atoms with Crippen LogP contribution in [-0.4, -0.2) is 26.2 Å². The minimum absolute atomic E-state index is 0.0451. The van der Waals surface area contributed by atoms with E-state index in [9.17, 15) is 5.11 Å². The molecular weight excluding hydrogens is 179 g/mol. The Morgan fingerprint density at radius 3 is 2.44 bits per heavy atom. The summed E-state index contributed by atoms with van der Waals surface area (Å²) in [6, 6.07) is 0. The normalized spacial score (nSPS) is 36.7. The van der Waals surface area contributed by atoms with E-state index in [1.54, 1.807) is 0 Å². The first-order valence-electron chi connectivity index (χ1n) is 3.55. The Labute approximate surface area is 63.0 Å². The monoisotopic (exact) mass is 194 g/mol. The maximum absolute atomic E-state index is 9.38. The van der Waals surface area contributed by atoms with Crippen molar-refractivity contribution >= 4 is 15.0 Å². The molecule has 0 spiro atoms. The summed E-state index contributed by atoms with van der Waals surface area (Å²) in [5.41, 5.74) is 0. The van der Waals surface area contributed by atoms with Gasteiger partial charge in [-0.1, -0.05) is 0 Å². The number of rotatable bonds is 1. The molecule has 0 saturated heterocycles. The van der Waals surface area contributed by atoms with E-state index in [0.717, 1.165) is 6.42 Å². The molecule has 0 amide bonds. The van der Waals surface area contributed by atoms with Crippen molar-refractivity contribution < 1.29 is 5.11 Å².